The quantitative estimate of drug-likeness (QED) is 0.759. The Hall–Kier alpha value is -2.17. The molecule has 1 amide bonds. The first kappa shape index (κ1) is 15.2. The van der Waals surface area contributed by atoms with Crippen molar-refractivity contribution in [3.8, 4) is 0 Å². The van der Waals surface area contributed by atoms with Crippen LogP contribution in [0.2, 0.25) is 0 Å². The van der Waals surface area contributed by atoms with Gasteiger partial charge in [0.2, 0.25) is 0 Å². The zero-order chi connectivity index (χ0) is 14.9. The fourth-order valence-corrected chi connectivity index (χ4v) is 2.13. The van der Waals surface area contributed by atoms with Gasteiger partial charge in [0.25, 0.3) is 5.91 Å². The number of imidazole rings is 1. The predicted octanol–water partition coefficient (Wildman–Crippen LogP) is 3.01. The van der Waals surface area contributed by atoms with Gasteiger partial charge in [-0.05, 0) is 25.0 Å². The predicted molar refractivity (Wildman–Crippen MR) is 79.4 cm³/mol. The average Bonchev–Trinajstić information content (AvgIpc) is 3.00. The van der Waals surface area contributed by atoms with Crippen molar-refractivity contribution in [1.82, 2.24) is 14.9 Å². The van der Waals surface area contributed by atoms with Crippen molar-refractivity contribution in [2.24, 2.45) is 0 Å². The van der Waals surface area contributed by atoms with E-state index in [9.17, 15) is 9.18 Å². The summed E-state index contributed by atoms with van der Waals surface area (Å²) in [6, 6.07) is 6.03. The maximum absolute atomic E-state index is 13.4. The summed E-state index contributed by atoms with van der Waals surface area (Å²) >= 11 is 0. The molecule has 112 valence electrons. The lowest BCUT2D eigenvalue weighted by atomic mass is 10.1. The highest BCUT2D eigenvalue weighted by Gasteiger charge is 2.09. The van der Waals surface area contributed by atoms with Crippen LogP contribution in [0.1, 0.15) is 36.0 Å². The summed E-state index contributed by atoms with van der Waals surface area (Å²) in [5.74, 6) is -0.818. The van der Waals surface area contributed by atoms with Crippen molar-refractivity contribution in [2.75, 3.05) is 6.54 Å². The molecule has 0 aliphatic carbocycles. The number of aromatic nitrogens is 2. The van der Waals surface area contributed by atoms with E-state index >= 15 is 0 Å². The molecule has 0 saturated heterocycles. The molecule has 0 unspecified atom stereocenters. The van der Waals surface area contributed by atoms with E-state index in [2.05, 4.69) is 14.9 Å². The highest BCUT2D eigenvalue weighted by Crippen LogP contribution is 2.06. The number of unbranched alkanes of at least 4 members (excludes halogenated alkanes) is 3. The normalized spacial score (nSPS) is 10.5. The van der Waals surface area contributed by atoms with Gasteiger partial charge in [-0.25, -0.2) is 9.37 Å². The van der Waals surface area contributed by atoms with Gasteiger partial charge in [-0.15, -0.1) is 0 Å². The smallest absolute Gasteiger partial charge is 0.254 e. The van der Waals surface area contributed by atoms with Gasteiger partial charge < -0.3 is 9.88 Å². The Kier molecular flexibility index (Phi) is 5.94. The molecule has 1 aromatic heterocycles. The highest BCUT2D eigenvalue weighted by molar-refractivity contribution is 5.94. The summed E-state index contributed by atoms with van der Waals surface area (Å²) in [5.41, 5.74) is 0.109. The Morgan fingerprint density at radius 3 is 2.76 bits per heavy atom. The number of hydrogen-bond donors (Lipinski definition) is 1. The number of aryl methyl sites for hydroxylation is 1. The summed E-state index contributed by atoms with van der Waals surface area (Å²) in [6.45, 7) is 1.56. The summed E-state index contributed by atoms with van der Waals surface area (Å²) in [4.78, 5) is 15.7. The van der Waals surface area contributed by atoms with E-state index in [0.29, 0.717) is 6.54 Å². The van der Waals surface area contributed by atoms with Gasteiger partial charge in [-0.3, -0.25) is 4.79 Å². The minimum Gasteiger partial charge on any atom is -0.352 e. The molecule has 0 aliphatic heterocycles. The van der Waals surface area contributed by atoms with Gasteiger partial charge in [0.15, 0.2) is 0 Å². The fourth-order valence-electron chi connectivity index (χ4n) is 2.13. The third-order valence-corrected chi connectivity index (χ3v) is 3.31. The van der Waals surface area contributed by atoms with E-state index in [1.54, 1.807) is 18.3 Å². The van der Waals surface area contributed by atoms with Crippen LogP contribution in [0.4, 0.5) is 4.39 Å². The van der Waals surface area contributed by atoms with Crippen LogP contribution in [0.5, 0.6) is 0 Å². The van der Waals surface area contributed by atoms with Crippen LogP contribution in [0.25, 0.3) is 0 Å². The topological polar surface area (TPSA) is 46.9 Å². The molecule has 4 nitrogen and oxygen atoms in total. The maximum Gasteiger partial charge on any atom is 0.254 e. The van der Waals surface area contributed by atoms with Gasteiger partial charge in [-0.2, -0.15) is 0 Å². The number of carbonyl (C=O) groups is 1. The molecule has 0 bridgehead atoms. The van der Waals surface area contributed by atoms with Gasteiger partial charge in [-0.1, -0.05) is 25.0 Å². The van der Waals surface area contributed by atoms with Crippen molar-refractivity contribution in [1.29, 1.82) is 0 Å². The molecule has 2 rings (SSSR count). The van der Waals surface area contributed by atoms with Gasteiger partial charge in [0.05, 0.1) is 11.9 Å². The van der Waals surface area contributed by atoms with Crippen LogP contribution < -0.4 is 5.32 Å². The van der Waals surface area contributed by atoms with Crippen molar-refractivity contribution >= 4 is 5.91 Å². The molecule has 0 aliphatic rings. The van der Waals surface area contributed by atoms with Crippen LogP contribution in [0.15, 0.2) is 43.0 Å². The van der Waals surface area contributed by atoms with E-state index in [1.165, 1.54) is 12.1 Å². The van der Waals surface area contributed by atoms with E-state index in [4.69, 9.17) is 0 Å². The second kappa shape index (κ2) is 8.19. The molecule has 1 heterocycles. The van der Waals surface area contributed by atoms with Crippen LogP contribution in [0.3, 0.4) is 0 Å². The lowest BCUT2D eigenvalue weighted by Crippen LogP contribution is -2.25. The lowest BCUT2D eigenvalue weighted by Gasteiger charge is -2.06. The molecule has 2 aromatic rings. The van der Waals surface area contributed by atoms with Crippen LogP contribution in [-0.2, 0) is 6.54 Å². The molecular weight excluding hydrogens is 269 g/mol. The Morgan fingerprint density at radius 2 is 2.00 bits per heavy atom. The zero-order valence-electron chi connectivity index (χ0n) is 12.0. The first-order chi connectivity index (χ1) is 10.3. The van der Waals surface area contributed by atoms with E-state index < -0.39 is 5.82 Å². The molecule has 0 atom stereocenters. The average molecular weight is 289 g/mol. The minimum atomic E-state index is -0.477. The summed E-state index contributed by atoms with van der Waals surface area (Å²) in [5, 5.41) is 2.75. The molecule has 1 aromatic carbocycles. The SMILES string of the molecule is O=C(NCCCCCCn1ccnc1)c1ccccc1F. The van der Waals surface area contributed by atoms with Gasteiger partial charge in [0.1, 0.15) is 5.82 Å². The van der Waals surface area contributed by atoms with Crippen molar-refractivity contribution in [3.63, 3.8) is 0 Å². The zero-order valence-corrected chi connectivity index (χ0v) is 12.0. The Labute approximate surface area is 124 Å². The monoisotopic (exact) mass is 289 g/mol. The standard InChI is InChI=1S/C16H20FN3O/c17-15-8-4-3-7-14(15)16(21)19-9-5-1-2-6-11-20-12-10-18-13-20/h3-4,7-8,10,12-13H,1-2,5-6,9,11H2,(H,19,21). The largest absolute Gasteiger partial charge is 0.352 e. The number of carbonyl (C=O) groups excluding carboxylic acids is 1. The number of rotatable bonds is 8. The fraction of sp³-hybridized carbons (Fsp3) is 0.375. The summed E-state index contributed by atoms with van der Waals surface area (Å²) < 4.78 is 15.4. The Balaban J connectivity index is 1.55. The Bertz CT molecular complexity index is 554. The third-order valence-electron chi connectivity index (χ3n) is 3.31. The number of hydrogen-bond acceptors (Lipinski definition) is 2. The van der Waals surface area contributed by atoms with E-state index in [0.717, 1.165) is 32.2 Å². The highest BCUT2D eigenvalue weighted by atomic mass is 19.1. The number of benzene rings is 1. The first-order valence-electron chi connectivity index (χ1n) is 7.26. The molecule has 5 heteroatoms. The molecule has 1 N–H and O–H groups in total. The molecule has 21 heavy (non-hydrogen) atoms. The second-order valence-corrected chi connectivity index (χ2v) is 4.95. The van der Waals surface area contributed by atoms with E-state index in [1.807, 2.05) is 12.5 Å². The molecule has 0 saturated carbocycles. The molecular formula is C16H20FN3O. The molecule has 0 spiro atoms. The van der Waals surface area contributed by atoms with Crippen LogP contribution in [-0.4, -0.2) is 22.0 Å². The molecule has 0 fully saturated rings. The van der Waals surface area contributed by atoms with Crippen molar-refractivity contribution in [2.45, 2.75) is 32.2 Å². The van der Waals surface area contributed by atoms with Crippen molar-refractivity contribution in [3.05, 3.63) is 54.4 Å². The second-order valence-electron chi connectivity index (χ2n) is 4.95. The lowest BCUT2D eigenvalue weighted by molar-refractivity contribution is 0.0949. The van der Waals surface area contributed by atoms with Crippen LogP contribution >= 0.6 is 0 Å². The first-order valence-corrected chi connectivity index (χ1v) is 7.26. The number of halogens is 1. The maximum atomic E-state index is 13.4. The van der Waals surface area contributed by atoms with Crippen molar-refractivity contribution < 1.29 is 9.18 Å². The Morgan fingerprint density at radius 1 is 1.19 bits per heavy atom. The van der Waals surface area contributed by atoms with E-state index in [-0.39, 0.29) is 11.5 Å². The number of amides is 1. The van der Waals surface area contributed by atoms with Gasteiger partial charge in [0, 0.05) is 25.5 Å². The summed E-state index contributed by atoms with van der Waals surface area (Å²) in [7, 11) is 0. The summed E-state index contributed by atoms with van der Waals surface area (Å²) in [6.07, 6.45) is 9.70. The third kappa shape index (κ3) is 5.02. The van der Waals surface area contributed by atoms with Gasteiger partial charge >= 0.3 is 0 Å². The van der Waals surface area contributed by atoms with Crippen LogP contribution in [0, 0.1) is 5.82 Å². The molecule has 0 radical (unpaired) electrons. The number of nitrogens with zero attached hydrogens (tertiary/aromatic N) is 2. The number of nitrogens with one attached hydrogen (secondary N) is 1. The minimum absolute atomic E-state index is 0.109.